The van der Waals surface area contributed by atoms with Crippen molar-refractivity contribution in [3.05, 3.63) is 53.0 Å². The zero-order valence-electron chi connectivity index (χ0n) is 15.7. The summed E-state index contributed by atoms with van der Waals surface area (Å²) in [5.41, 5.74) is 3.05. The Morgan fingerprint density at radius 1 is 1.14 bits per heavy atom. The van der Waals surface area contributed by atoms with E-state index in [1.807, 2.05) is 0 Å². The van der Waals surface area contributed by atoms with Crippen molar-refractivity contribution in [2.45, 2.75) is 13.3 Å². The van der Waals surface area contributed by atoms with E-state index in [-0.39, 0.29) is 11.7 Å². The number of carbonyl (C=O) groups excluding carboxylic acids is 1. The molecular formula is C19H17F3N4O2S. The van der Waals surface area contributed by atoms with Crippen molar-refractivity contribution in [3.63, 3.8) is 0 Å². The van der Waals surface area contributed by atoms with Crippen LogP contribution in [0.4, 0.5) is 24.5 Å². The molecule has 3 aromatic rings. The zero-order chi connectivity index (χ0) is 21.2. The molecule has 2 aromatic carbocycles. The van der Waals surface area contributed by atoms with E-state index in [9.17, 15) is 18.0 Å². The summed E-state index contributed by atoms with van der Waals surface area (Å²) in [7, 11) is 3.59. The molecule has 0 atom stereocenters. The monoisotopic (exact) mass is 422 g/mol. The highest BCUT2D eigenvalue weighted by molar-refractivity contribution is 7.08. The Bertz CT molecular complexity index is 1020. The first kappa shape index (κ1) is 20.6. The van der Waals surface area contributed by atoms with Gasteiger partial charge >= 0.3 is 6.36 Å². The van der Waals surface area contributed by atoms with Gasteiger partial charge in [0.1, 0.15) is 10.6 Å². The van der Waals surface area contributed by atoms with Crippen LogP contribution in [0.3, 0.4) is 0 Å². The number of benzene rings is 2. The molecule has 0 aliphatic rings. The first-order valence-corrected chi connectivity index (χ1v) is 9.19. The second-order valence-electron chi connectivity index (χ2n) is 6.34. The van der Waals surface area contributed by atoms with Gasteiger partial charge in [-0.25, -0.2) is 0 Å². The smallest absolute Gasteiger partial charge is 0.406 e. The molecule has 10 heteroatoms. The van der Waals surface area contributed by atoms with E-state index in [2.05, 4.69) is 19.6 Å². The molecule has 6 nitrogen and oxygen atoms in total. The number of ether oxygens (including phenoxy) is 1. The van der Waals surface area contributed by atoms with Crippen LogP contribution in [0.2, 0.25) is 0 Å². The number of amides is 1. The molecule has 0 unspecified atom stereocenters. The van der Waals surface area contributed by atoms with Crippen LogP contribution in [-0.2, 0) is 0 Å². The van der Waals surface area contributed by atoms with Gasteiger partial charge in [0.25, 0.3) is 5.91 Å². The number of hydrogen-bond acceptors (Lipinski definition) is 6. The van der Waals surface area contributed by atoms with Gasteiger partial charge in [0.15, 0.2) is 0 Å². The lowest BCUT2D eigenvalue weighted by atomic mass is 10.0. The van der Waals surface area contributed by atoms with E-state index in [1.54, 1.807) is 56.3 Å². The van der Waals surface area contributed by atoms with Gasteiger partial charge < -0.3 is 15.0 Å². The van der Waals surface area contributed by atoms with Gasteiger partial charge in [0, 0.05) is 31.0 Å². The van der Waals surface area contributed by atoms with Gasteiger partial charge in [0.2, 0.25) is 0 Å². The topological polar surface area (TPSA) is 67.3 Å². The molecule has 152 valence electrons. The molecule has 1 N–H and O–H groups in total. The molecule has 0 spiro atoms. The van der Waals surface area contributed by atoms with E-state index in [1.165, 1.54) is 12.1 Å². The normalized spacial score (nSPS) is 11.2. The third-order valence-electron chi connectivity index (χ3n) is 3.99. The quantitative estimate of drug-likeness (QED) is 0.644. The highest BCUT2D eigenvalue weighted by Crippen LogP contribution is 2.35. The molecule has 0 saturated carbocycles. The number of carbonyl (C=O) groups is 1. The minimum atomic E-state index is -4.77. The number of nitrogens with one attached hydrogen (secondary N) is 1. The minimum absolute atomic E-state index is 0.302. The summed E-state index contributed by atoms with van der Waals surface area (Å²) in [6.07, 6.45) is -4.77. The molecule has 0 bridgehead atoms. The van der Waals surface area contributed by atoms with Crippen LogP contribution >= 0.6 is 11.5 Å². The Morgan fingerprint density at radius 3 is 2.38 bits per heavy atom. The van der Waals surface area contributed by atoms with E-state index in [0.717, 1.165) is 17.2 Å². The lowest BCUT2D eigenvalue weighted by Gasteiger charge is -2.19. The maximum atomic E-state index is 12.6. The predicted octanol–water partition coefficient (Wildman–Crippen LogP) is 4.73. The molecular weight excluding hydrogens is 405 g/mol. The van der Waals surface area contributed by atoms with E-state index >= 15 is 0 Å². The van der Waals surface area contributed by atoms with Gasteiger partial charge in [-0.3, -0.25) is 4.79 Å². The second kappa shape index (κ2) is 8.08. The van der Waals surface area contributed by atoms with Crippen LogP contribution in [0.5, 0.6) is 5.75 Å². The van der Waals surface area contributed by atoms with Crippen molar-refractivity contribution in [2.75, 3.05) is 24.3 Å². The third kappa shape index (κ3) is 5.02. The van der Waals surface area contributed by atoms with Gasteiger partial charge in [-0.05, 0) is 54.4 Å². The largest absolute Gasteiger partial charge is 0.573 e. The zero-order valence-corrected chi connectivity index (χ0v) is 16.6. The van der Waals surface area contributed by atoms with Gasteiger partial charge in [0.05, 0.1) is 5.69 Å². The molecule has 1 heterocycles. The first-order chi connectivity index (χ1) is 13.6. The van der Waals surface area contributed by atoms with Crippen LogP contribution < -0.4 is 15.0 Å². The van der Waals surface area contributed by atoms with Crippen LogP contribution in [-0.4, -0.2) is 36.0 Å². The number of halogens is 3. The summed E-state index contributed by atoms with van der Waals surface area (Å²) >= 11 is 1.00. The Kier molecular flexibility index (Phi) is 5.73. The third-order valence-corrected chi connectivity index (χ3v) is 4.82. The fraction of sp³-hybridized carbons (Fsp3) is 0.211. The highest BCUT2D eigenvalue weighted by atomic mass is 32.1. The number of nitrogens with zero attached hydrogens (tertiary/aromatic N) is 3. The summed E-state index contributed by atoms with van der Waals surface area (Å²) in [6.45, 7) is 1.69. The highest BCUT2D eigenvalue weighted by Gasteiger charge is 2.31. The fourth-order valence-corrected chi connectivity index (χ4v) is 3.25. The second-order valence-corrected chi connectivity index (χ2v) is 7.09. The molecule has 3 rings (SSSR count). The molecule has 0 radical (unpaired) electrons. The van der Waals surface area contributed by atoms with E-state index in [0.29, 0.717) is 27.4 Å². The van der Waals surface area contributed by atoms with Crippen LogP contribution in [0.1, 0.15) is 15.4 Å². The Hall–Kier alpha value is -3.14. The Morgan fingerprint density at radius 2 is 1.83 bits per heavy atom. The summed E-state index contributed by atoms with van der Waals surface area (Å²) in [5, 5.41) is 6.56. The van der Waals surface area contributed by atoms with Crippen molar-refractivity contribution in [2.24, 2.45) is 0 Å². The number of aromatic nitrogens is 2. The van der Waals surface area contributed by atoms with Crippen molar-refractivity contribution in [3.8, 4) is 16.9 Å². The van der Waals surface area contributed by atoms with Crippen molar-refractivity contribution in [1.82, 2.24) is 9.59 Å². The molecule has 0 aliphatic carbocycles. The molecule has 0 fully saturated rings. The molecule has 0 aliphatic heterocycles. The van der Waals surface area contributed by atoms with Gasteiger partial charge in [-0.2, -0.15) is 0 Å². The predicted molar refractivity (Wildman–Crippen MR) is 105 cm³/mol. The summed E-state index contributed by atoms with van der Waals surface area (Å²) in [5.74, 6) is -0.622. The minimum Gasteiger partial charge on any atom is -0.406 e. The number of rotatable bonds is 5. The van der Waals surface area contributed by atoms with Gasteiger partial charge in [-0.1, -0.05) is 16.6 Å². The summed E-state index contributed by atoms with van der Waals surface area (Å²) < 4.78 is 45.5. The van der Waals surface area contributed by atoms with Crippen LogP contribution in [0.25, 0.3) is 11.1 Å². The Balaban J connectivity index is 1.87. The average molecular weight is 422 g/mol. The van der Waals surface area contributed by atoms with Crippen molar-refractivity contribution >= 4 is 28.8 Å². The van der Waals surface area contributed by atoms with Crippen LogP contribution in [0, 0.1) is 6.92 Å². The number of anilines is 2. The average Bonchev–Trinajstić information content (AvgIpc) is 3.07. The number of alkyl halides is 3. The fourth-order valence-electron chi connectivity index (χ4n) is 2.69. The van der Waals surface area contributed by atoms with E-state index in [4.69, 9.17) is 0 Å². The molecule has 1 amide bonds. The SMILES string of the molecule is Cc1nnsc1C(=O)Nc1ccc(-c2cc(OC(F)(F)F)ccc2N(C)C)cc1. The molecule has 0 saturated heterocycles. The van der Waals surface area contributed by atoms with Crippen molar-refractivity contribution < 1.29 is 22.7 Å². The first-order valence-electron chi connectivity index (χ1n) is 8.42. The standard InChI is InChI=1S/C19H17F3N4O2S/c1-11-17(29-25-24-11)18(27)23-13-6-4-12(5-7-13)15-10-14(28-19(20,21)22)8-9-16(15)26(2)3/h4-10H,1-3H3,(H,23,27). The van der Waals surface area contributed by atoms with Gasteiger partial charge in [-0.15, -0.1) is 18.3 Å². The van der Waals surface area contributed by atoms with E-state index < -0.39 is 6.36 Å². The maximum absolute atomic E-state index is 12.6. The molecule has 29 heavy (non-hydrogen) atoms. The lowest BCUT2D eigenvalue weighted by molar-refractivity contribution is -0.274. The maximum Gasteiger partial charge on any atom is 0.573 e. The lowest BCUT2D eigenvalue weighted by Crippen LogP contribution is -2.17. The van der Waals surface area contributed by atoms with Crippen molar-refractivity contribution in [1.29, 1.82) is 0 Å². The Labute approximate surface area is 169 Å². The molecule has 1 aromatic heterocycles. The van der Waals surface area contributed by atoms with Crippen LogP contribution in [0.15, 0.2) is 42.5 Å². The summed E-state index contributed by atoms with van der Waals surface area (Å²) in [4.78, 5) is 14.5. The summed E-state index contributed by atoms with van der Waals surface area (Å²) in [6, 6.07) is 10.9. The number of hydrogen-bond donors (Lipinski definition) is 1. The number of aryl methyl sites for hydroxylation is 1.